The number of imidazole rings is 1. The van der Waals surface area contributed by atoms with Gasteiger partial charge in [-0.25, -0.2) is 4.98 Å². The molecule has 1 aromatic carbocycles. The monoisotopic (exact) mass is 269 g/mol. The van der Waals surface area contributed by atoms with Crippen LogP contribution in [0.15, 0.2) is 24.4 Å². The van der Waals surface area contributed by atoms with E-state index in [4.69, 9.17) is 10.5 Å². The Morgan fingerprint density at radius 3 is 2.85 bits per heavy atom. The number of fused-ring (bicyclic) bond motifs is 1. The number of aromatic nitrogens is 2. The number of aryl methyl sites for hydroxylation is 2. The first-order chi connectivity index (χ1) is 9.81. The lowest BCUT2D eigenvalue weighted by atomic mass is 9.85. The van der Waals surface area contributed by atoms with Crippen molar-refractivity contribution in [3.05, 3.63) is 41.3 Å². The molecule has 0 unspecified atom stereocenters. The Morgan fingerprint density at radius 1 is 1.25 bits per heavy atom. The lowest BCUT2D eigenvalue weighted by Crippen LogP contribution is -2.52. The van der Waals surface area contributed by atoms with Crippen LogP contribution in [0.5, 0.6) is 0 Å². The molecule has 104 valence electrons. The molecular formula is C16H19N3O. The molecule has 1 aromatic heterocycles. The lowest BCUT2D eigenvalue weighted by molar-refractivity contribution is -0.0589. The standard InChI is InChI=1S/C16H19N3O/c17-8-16(9-20-10-16)15-18-7-14(19-15)13-5-4-11-2-1-3-12(11)6-13/h4-7H,1-3,8-10,17H2,(H,18,19). The average molecular weight is 269 g/mol. The molecule has 2 aromatic rings. The summed E-state index contributed by atoms with van der Waals surface area (Å²) in [5.74, 6) is 0.960. The number of H-pyrrole nitrogens is 1. The van der Waals surface area contributed by atoms with Crippen LogP contribution in [0.3, 0.4) is 0 Å². The highest BCUT2D eigenvalue weighted by atomic mass is 16.5. The van der Waals surface area contributed by atoms with Gasteiger partial charge in [-0.2, -0.15) is 0 Å². The van der Waals surface area contributed by atoms with Gasteiger partial charge in [-0.3, -0.25) is 0 Å². The minimum atomic E-state index is -0.102. The van der Waals surface area contributed by atoms with Crippen LogP contribution in [0, 0.1) is 0 Å². The molecular weight excluding hydrogens is 250 g/mol. The van der Waals surface area contributed by atoms with E-state index < -0.39 is 0 Å². The summed E-state index contributed by atoms with van der Waals surface area (Å²) in [6, 6.07) is 6.74. The van der Waals surface area contributed by atoms with Gasteiger partial charge < -0.3 is 15.5 Å². The fraction of sp³-hybridized carbons (Fsp3) is 0.438. The smallest absolute Gasteiger partial charge is 0.118 e. The van der Waals surface area contributed by atoms with Crippen molar-refractivity contribution in [2.24, 2.45) is 5.73 Å². The van der Waals surface area contributed by atoms with E-state index in [-0.39, 0.29) is 5.41 Å². The van der Waals surface area contributed by atoms with Gasteiger partial charge in [-0.15, -0.1) is 0 Å². The maximum atomic E-state index is 5.88. The van der Waals surface area contributed by atoms with Crippen LogP contribution in [0.1, 0.15) is 23.4 Å². The van der Waals surface area contributed by atoms with Crippen LogP contribution in [-0.2, 0) is 23.0 Å². The Hall–Kier alpha value is -1.65. The molecule has 2 aliphatic rings. The summed E-state index contributed by atoms with van der Waals surface area (Å²) in [4.78, 5) is 7.98. The number of hydrogen-bond acceptors (Lipinski definition) is 3. The predicted octanol–water partition coefficient (Wildman–Crippen LogP) is 1.79. The fourth-order valence-electron chi connectivity index (χ4n) is 3.18. The van der Waals surface area contributed by atoms with Crippen LogP contribution < -0.4 is 5.73 Å². The van der Waals surface area contributed by atoms with Gasteiger partial charge in [0.05, 0.1) is 30.5 Å². The molecule has 0 radical (unpaired) electrons. The molecule has 0 spiro atoms. The van der Waals surface area contributed by atoms with Gasteiger partial charge in [-0.05, 0) is 42.0 Å². The second-order valence-corrected chi connectivity index (χ2v) is 5.96. The zero-order valence-electron chi connectivity index (χ0n) is 11.5. The van der Waals surface area contributed by atoms with Crippen molar-refractivity contribution in [3.63, 3.8) is 0 Å². The van der Waals surface area contributed by atoms with Crippen molar-refractivity contribution >= 4 is 0 Å². The third-order valence-corrected chi connectivity index (χ3v) is 4.64. The number of ether oxygens (including phenoxy) is 1. The van der Waals surface area contributed by atoms with E-state index in [2.05, 4.69) is 28.2 Å². The molecule has 1 saturated heterocycles. The van der Waals surface area contributed by atoms with Gasteiger partial charge in [0, 0.05) is 6.54 Å². The largest absolute Gasteiger partial charge is 0.379 e. The van der Waals surface area contributed by atoms with Crippen LogP contribution >= 0.6 is 0 Å². The second kappa shape index (κ2) is 4.43. The summed E-state index contributed by atoms with van der Waals surface area (Å²) >= 11 is 0. The number of nitrogens with zero attached hydrogens (tertiary/aromatic N) is 1. The fourth-order valence-corrected chi connectivity index (χ4v) is 3.18. The molecule has 0 atom stereocenters. The number of benzene rings is 1. The Morgan fingerprint density at radius 2 is 2.10 bits per heavy atom. The van der Waals surface area contributed by atoms with E-state index in [1.807, 2.05) is 6.20 Å². The van der Waals surface area contributed by atoms with Gasteiger partial charge in [0.1, 0.15) is 5.82 Å². The van der Waals surface area contributed by atoms with Gasteiger partial charge in [0.25, 0.3) is 0 Å². The predicted molar refractivity (Wildman–Crippen MR) is 77.6 cm³/mol. The normalized spacial score (nSPS) is 19.6. The molecule has 3 N–H and O–H groups in total. The molecule has 4 nitrogen and oxygen atoms in total. The van der Waals surface area contributed by atoms with E-state index in [1.54, 1.807) is 0 Å². The highest BCUT2D eigenvalue weighted by Gasteiger charge is 2.41. The van der Waals surface area contributed by atoms with Crippen LogP contribution in [0.25, 0.3) is 11.3 Å². The summed E-state index contributed by atoms with van der Waals surface area (Å²) in [7, 11) is 0. The number of rotatable bonds is 3. The second-order valence-electron chi connectivity index (χ2n) is 5.96. The van der Waals surface area contributed by atoms with E-state index in [0.717, 1.165) is 11.5 Å². The van der Waals surface area contributed by atoms with Crippen molar-refractivity contribution in [2.75, 3.05) is 19.8 Å². The molecule has 1 aliphatic carbocycles. The first-order valence-electron chi connectivity index (χ1n) is 7.26. The SMILES string of the molecule is NCC1(c2ncc(-c3ccc4c(c3)CCC4)[nH]2)COC1. The van der Waals surface area contributed by atoms with Crippen molar-refractivity contribution in [1.82, 2.24) is 9.97 Å². The summed E-state index contributed by atoms with van der Waals surface area (Å²) in [5, 5.41) is 0. The number of hydrogen-bond donors (Lipinski definition) is 2. The maximum Gasteiger partial charge on any atom is 0.118 e. The van der Waals surface area contributed by atoms with E-state index in [9.17, 15) is 0 Å². The van der Waals surface area contributed by atoms with Crippen LogP contribution in [0.2, 0.25) is 0 Å². The maximum absolute atomic E-state index is 5.88. The number of aromatic amines is 1. The Labute approximate surface area is 118 Å². The third kappa shape index (κ3) is 1.72. The van der Waals surface area contributed by atoms with Crippen molar-refractivity contribution in [1.29, 1.82) is 0 Å². The molecule has 1 aliphatic heterocycles. The number of nitrogens with two attached hydrogens (primary N) is 1. The Kier molecular flexibility index (Phi) is 2.69. The minimum Gasteiger partial charge on any atom is -0.379 e. The van der Waals surface area contributed by atoms with Crippen molar-refractivity contribution < 1.29 is 4.74 Å². The summed E-state index contributed by atoms with van der Waals surface area (Å²) in [5.41, 5.74) is 11.1. The summed E-state index contributed by atoms with van der Waals surface area (Å²) in [6.45, 7) is 1.91. The highest BCUT2D eigenvalue weighted by molar-refractivity contribution is 5.61. The Bertz CT molecular complexity index is 637. The molecule has 1 fully saturated rings. The molecule has 0 amide bonds. The average Bonchev–Trinajstić information content (AvgIpc) is 3.06. The Balaban J connectivity index is 1.68. The first kappa shape index (κ1) is 12.1. The van der Waals surface area contributed by atoms with Gasteiger partial charge in [-0.1, -0.05) is 12.1 Å². The third-order valence-electron chi connectivity index (χ3n) is 4.64. The van der Waals surface area contributed by atoms with E-state index in [1.165, 1.54) is 36.0 Å². The quantitative estimate of drug-likeness (QED) is 0.893. The molecule has 0 bridgehead atoms. The molecule has 4 heteroatoms. The van der Waals surface area contributed by atoms with Crippen molar-refractivity contribution in [2.45, 2.75) is 24.7 Å². The van der Waals surface area contributed by atoms with E-state index in [0.29, 0.717) is 19.8 Å². The highest BCUT2D eigenvalue weighted by Crippen LogP contribution is 2.32. The first-order valence-corrected chi connectivity index (χ1v) is 7.26. The van der Waals surface area contributed by atoms with Gasteiger partial charge >= 0.3 is 0 Å². The zero-order chi connectivity index (χ0) is 13.6. The minimum absolute atomic E-state index is 0.102. The zero-order valence-corrected chi connectivity index (χ0v) is 11.5. The summed E-state index contributed by atoms with van der Waals surface area (Å²) < 4.78 is 5.32. The van der Waals surface area contributed by atoms with E-state index >= 15 is 0 Å². The summed E-state index contributed by atoms with van der Waals surface area (Å²) in [6.07, 6.45) is 5.62. The molecule has 4 rings (SSSR count). The molecule has 0 saturated carbocycles. The molecule has 2 heterocycles. The van der Waals surface area contributed by atoms with Crippen LogP contribution in [-0.4, -0.2) is 29.7 Å². The number of nitrogens with one attached hydrogen (secondary N) is 1. The van der Waals surface area contributed by atoms with Crippen LogP contribution in [0.4, 0.5) is 0 Å². The van der Waals surface area contributed by atoms with Gasteiger partial charge in [0.15, 0.2) is 0 Å². The molecule has 20 heavy (non-hydrogen) atoms. The van der Waals surface area contributed by atoms with Crippen molar-refractivity contribution in [3.8, 4) is 11.3 Å². The van der Waals surface area contributed by atoms with Gasteiger partial charge in [0.2, 0.25) is 0 Å². The lowest BCUT2D eigenvalue weighted by Gasteiger charge is -2.38. The topological polar surface area (TPSA) is 63.9 Å².